The summed E-state index contributed by atoms with van der Waals surface area (Å²) in [6.45, 7) is 0. The van der Waals surface area contributed by atoms with Crippen LogP contribution < -0.4 is 16.2 Å². The van der Waals surface area contributed by atoms with E-state index in [0.29, 0.717) is 0 Å². The summed E-state index contributed by atoms with van der Waals surface area (Å²) in [6.07, 6.45) is 1.41. The van der Waals surface area contributed by atoms with Crippen LogP contribution in [0, 0.1) is 0 Å². The van der Waals surface area contributed by atoms with Crippen LogP contribution in [0.15, 0.2) is 41.4 Å². The number of pyridine rings is 1. The van der Waals surface area contributed by atoms with E-state index < -0.39 is 15.9 Å². The quantitative estimate of drug-likeness (QED) is 0.781. The lowest BCUT2D eigenvalue weighted by Gasteiger charge is -2.09. The van der Waals surface area contributed by atoms with Crippen molar-refractivity contribution < 1.29 is 13.2 Å². The van der Waals surface area contributed by atoms with Gasteiger partial charge in [-0.15, -0.1) is 0 Å². The fourth-order valence-corrected chi connectivity index (χ4v) is 2.27. The van der Waals surface area contributed by atoms with E-state index in [1.165, 1.54) is 24.4 Å². The normalized spacial score (nSPS) is 11.1. The number of aromatic nitrogens is 1. The van der Waals surface area contributed by atoms with Crippen LogP contribution in [-0.2, 0) is 10.0 Å². The molecule has 0 aliphatic heterocycles. The average molecular weight is 327 g/mol. The van der Waals surface area contributed by atoms with Gasteiger partial charge in [-0.1, -0.05) is 11.6 Å². The zero-order chi connectivity index (χ0) is 15.6. The van der Waals surface area contributed by atoms with Crippen LogP contribution in [0.2, 0.25) is 5.02 Å². The number of nitrogens with zero attached hydrogens (tertiary/aromatic N) is 1. The predicted molar refractivity (Wildman–Crippen MR) is 79.4 cm³/mol. The van der Waals surface area contributed by atoms with Gasteiger partial charge in [-0.3, -0.25) is 4.79 Å². The van der Waals surface area contributed by atoms with Crippen molar-refractivity contribution in [3.05, 3.63) is 47.2 Å². The first-order valence-electron chi connectivity index (χ1n) is 5.63. The number of rotatable bonds is 3. The monoisotopic (exact) mass is 326 g/mol. The van der Waals surface area contributed by atoms with Crippen molar-refractivity contribution in [2.45, 2.75) is 4.90 Å². The van der Waals surface area contributed by atoms with Crippen molar-refractivity contribution in [3.63, 3.8) is 0 Å². The smallest absolute Gasteiger partial charge is 0.276 e. The first kappa shape index (κ1) is 15.2. The summed E-state index contributed by atoms with van der Waals surface area (Å²) < 4.78 is 22.6. The standard InChI is InChI=1S/C12H11ClN4O3S/c13-8-4-3-7(21(15,19)20)6-10(8)17-12(18)11-9(14)2-1-5-16-11/h1-6H,14H2,(H,17,18)(H2,15,19,20). The molecule has 110 valence electrons. The number of benzene rings is 1. The third-order valence-corrected chi connectivity index (χ3v) is 3.81. The molecule has 2 aromatic rings. The highest BCUT2D eigenvalue weighted by Crippen LogP contribution is 2.25. The van der Waals surface area contributed by atoms with Crippen LogP contribution >= 0.6 is 11.6 Å². The van der Waals surface area contributed by atoms with Crippen LogP contribution in [-0.4, -0.2) is 19.3 Å². The Morgan fingerprint density at radius 2 is 2.00 bits per heavy atom. The largest absolute Gasteiger partial charge is 0.397 e. The molecule has 0 aliphatic carbocycles. The summed E-state index contributed by atoms with van der Waals surface area (Å²) in [5.74, 6) is -0.610. The summed E-state index contributed by atoms with van der Waals surface area (Å²) in [5.41, 5.74) is 5.93. The second kappa shape index (κ2) is 5.68. The van der Waals surface area contributed by atoms with E-state index in [9.17, 15) is 13.2 Å². The molecule has 0 spiro atoms. The highest BCUT2D eigenvalue weighted by atomic mass is 35.5. The number of nitrogens with two attached hydrogens (primary N) is 2. The van der Waals surface area contributed by atoms with Crippen LogP contribution in [0.5, 0.6) is 0 Å². The number of anilines is 2. The maximum Gasteiger partial charge on any atom is 0.276 e. The molecule has 0 saturated carbocycles. The van der Waals surface area contributed by atoms with E-state index in [1.807, 2.05) is 0 Å². The van der Waals surface area contributed by atoms with Gasteiger partial charge in [0.25, 0.3) is 5.91 Å². The highest BCUT2D eigenvalue weighted by Gasteiger charge is 2.15. The van der Waals surface area contributed by atoms with Gasteiger partial charge in [-0.25, -0.2) is 18.5 Å². The van der Waals surface area contributed by atoms with Crippen molar-refractivity contribution in [1.29, 1.82) is 0 Å². The highest BCUT2D eigenvalue weighted by molar-refractivity contribution is 7.89. The Kier molecular flexibility index (Phi) is 4.12. The molecule has 0 radical (unpaired) electrons. The van der Waals surface area contributed by atoms with Crippen molar-refractivity contribution in [2.24, 2.45) is 5.14 Å². The van der Waals surface area contributed by atoms with Gasteiger partial charge in [-0.2, -0.15) is 0 Å². The fourth-order valence-electron chi connectivity index (χ4n) is 1.57. The lowest BCUT2D eigenvalue weighted by atomic mass is 10.2. The number of carbonyl (C=O) groups excluding carboxylic acids is 1. The maximum absolute atomic E-state index is 12.1. The van der Waals surface area contributed by atoms with E-state index in [0.717, 1.165) is 6.07 Å². The summed E-state index contributed by atoms with van der Waals surface area (Å²) in [7, 11) is -3.90. The Bertz CT molecular complexity index is 808. The van der Waals surface area contributed by atoms with Gasteiger partial charge in [0, 0.05) is 6.20 Å². The molecule has 0 atom stereocenters. The first-order chi connectivity index (χ1) is 9.79. The minimum absolute atomic E-state index is 0.00887. The van der Waals surface area contributed by atoms with E-state index in [2.05, 4.69) is 10.3 Å². The van der Waals surface area contributed by atoms with Crippen LogP contribution in [0.4, 0.5) is 11.4 Å². The minimum atomic E-state index is -3.90. The molecule has 0 bridgehead atoms. The molecule has 2 rings (SSSR count). The van der Waals surface area contributed by atoms with Crippen LogP contribution in [0.3, 0.4) is 0 Å². The Balaban J connectivity index is 2.36. The summed E-state index contributed by atoms with van der Waals surface area (Å²) in [6, 6.07) is 6.82. The Morgan fingerprint density at radius 3 is 2.62 bits per heavy atom. The van der Waals surface area contributed by atoms with E-state index in [4.69, 9.17) is 22.5 Å². The first-order valence-corrected chi connectivity index (χ1v) is 7.55. The van der Waals surface area contributed by atoms with Gasteiger partial charge in [0.15, 0.2) is 5.69 Å². The van der Waals surface area contributed by atoms with Gasteiger partial charge in [0.1, 0.15) is 0 Å². The van der Waals surface area contributed by atoms with Crippen molar-refractivity contribution in [1.82, 2.24) is 4.98 Å². The fraction of sp³-hybridized carbons (Fsp3) is 0. The SMILES string of the molecule is Nc1cccnc1C(=O)Nc1cc(S(N)(=O)=O)ccc1Cl. The Labute approximate surface area is 126 Å². The number of hydrogen-bond acceptors (Lipinski definition) is 5. The molecule has 1 aromatic heterocycles. The molecular weight excluding hydrogens is 316 g/mol. The third-order valence-electron chi connectivity index (χ3n) is 2.57. The predicted octanol–water partition coefficient (Wildman–Crippen LogP) is 1.22. The number of sulfonamides is 1. The van der Waals surface area contributed by atoms with Gasteiger partial charge >= 0.3 is 0 Å². The molecule has 1 heterocycles. The van der Waals surface area contributed by atoms with Crippen molar-refractivity contribution >= 4 is 38.9 Å². The van der Waals surface area contributed by atoms with Crippen LogP contribution in [0.1, 0.15) is 10.5 Å². The van der Waals surface area contributed by atoms with Gasteiger partial charge in [-0.05, 0) is 30.3 Å². The van der Waals surface area contributed by atoms with Gasteiger partial charge < -0.3 is 11.1 Å². The topological polar surface area (TPSA) is 128 Å². The molecule has 0 aliphatic rings. The molecular formula is C12H11ClN4O3S. The lowest BCUT2D eigenvalue weighted by Crippen LogP contribution is -2.17. The molecule has 5 N–H and O–H groups in total. The number of primary sulfonamides is 1. The third kappa shape index (κ3) is 3.48. The number of amides is 1. The minimum Gasteiger partial charge on any atom is -0.397 e. The number of nitrogens with one attached hydrogen (secondary N) is 1. The number of carbonyl (C=O) groups is 1. The number of nitrogen functional groups attached to an aromatic ring is 1. The van der Waals surface area contributed by atoms with Gasteiger partial charge in [0.2, 0.25) is 10.0 Å². The van der Waals surface area contributed by atoms with Crippen molar-refractivity contribution in [3.8, 4) is 0 Å². The second-order valence-corrected chi connectivity index (χ2v) is 6.05. The summed E-state index contributed by atoms with van der Waals surface area (Å²) >= 11 is 5.92. The van der Waals surface area contributed by atoms with E-state index in [-0.39, 0.29) is 27.0 Å². The van der Waals surface area contributed by atoms with Crippen LogP contribution in [0.25, 0.3) is 0 Å². The summed E-state index contributed by atoms with van der Waals surface area (Å²) in [5, 5.41) is 7.63. The zero-order valence-electron chi connectivity index (χ0n) is 10.6. The molecule has 0 fully saturated rings. The average Bonchev–Trinajstić information content (AvgIpc) is 2.40. The summed E-state index contributed by atoms with van der Waals surface area (Å²) in [4.78, 5) is 15.7. The Morgan fingerprint density at radius 1 is 1.29 bits per heavy atom. The molecule has 9 heteroatoms. The molecule has 21 heavy (non-hydrogen) atoms. The van der Waals surface area contributed by atoms with Gasteiger partial charge in [0.05, 0.1) is 21.3 Å². The zero-order valence-corrected chi connectivity index (χ0v) is 12.1. The van der Waals surface area contributed by atoms with E-state index in [1.54, 1.807) is 6.07 Å². The molecule has 7 nitrogen and oxygen atoms in total. The molecule has 0 saturated heterocycles. The molecule has 1 aromatic carbocycles. The number of halogens is 1. The lowest BCUT2D eigenvalue weighted by molar-refractivity contribution is 0.102. The van der Waals surface area contributed by atoms with Crippen molar-refractivity contribution in [2.75, 3.05) is 11.1 Å². The second-order valence-electron chi connectivity index (χ2n) is 4.08. The molecule has 1 amide bonds. The van der Waals surface area contributed by atoms with E-state index >= 15 is 0 Å². The molecule has 0 unspecified atom stereocenters. The number of hydrogen-bond donors (Lipinski definition) is 3. The Hall–Kier alpha value is -2.16. The maximum atomic E-state index is 12.1.